The summed E-state index contributed by atoms with van der Waals surface area (Å²) in [5.74, 6) is 0. The molecule has 0 bridgehead atoms. The zero-order chi connectivity index (χ0) is 11.7. The first-order chi connectivity index (χ1) is 8.33. The van der Waals surface area contributed by atoms with Crippen LogP contribution in [-0.2, 0) is 6.42 Å². The van der Waals surface area contributed by atoms with Crippen molar-refractivity contribution < 1.29 is 0 Å². The van der Waals surface area contributed by atoms with E-state index in [2.05, 4.69) is 54.2 Å². The number of benzene rings is 1. The number of nitrogens with zero attached hydrogens (tertiary/aromatic N) is 2. The minimum atomic E-state index is 0.981. The summed E-state index contributed by atoms with van der Waals surface area (Å²) >= 11 is 0. The lowest BCUT2D eigenvalue weighted by molar-refractivity contribution is 0.383. The Morgan fingerprint density at radius 1 is 1.18 bits per heavy atom. The Kier molecular flexibility index (Phi) is 2.56. The van der Waals surface area contributed by atoms with E-state index in [1.165, 1.54) is 16.3 Å². The molecule has 1 aliphatic rings. The molecule has 0 N–H and O–H groups in total. The van der Waals surface area contributed by atoms with Crippen LogP contribution in [0.3, 0.4) is 0 Å². The SMILES string of the molecule is CN1[C]N(CCc2cc[c-]3ccccc23)C=C1. The highest BCUT2D eigenvalue weighted by Gasteiger charge is 2.09. The molecule has 0 aliphatic carbocycles. The van der Waals surface area contributed by atoms with Crippen LogP contribution in [0.25, 0.3) is 10.8 Å². The smallest absolute Gasteiger partial charge is 0.207 e. The molecule has 1 aliphatic heterocycles. The summed E-state index contributed by atoms with van der Waals surface area (Å²) in [7, 11) is 1.99. The van der Waals surface area contributed by atoms with Crippen molar-refractivity contribution in [3.05, 3.63) is 61.0 Å². The largest absolute Gasteiger partial charge is 0.349 e. The van der Waals surface area contributed by atoms with Gasteiger partial charge in [-0.05, 0) is 6.42 Å². The van der Waals surface area contributed by atoms with Gasteiger partial charge in [-0.25, -0.2) is 0 Å². The zero-order valence-corrected chi connectivity index (χ0v) is 9.93. The van der Waals surface area contributed by atoms with Gasteiger partial charge < -0.3 is 9.80 Å². The normalized spacial score (nSPS) is 15.1. The fourth-order valence-corrected chi connectivity index (χ4v) is 2.25. The van der Waals surface area contributed by atoms with E-state index in [4.69, 9.17) is 0 Å². The lowest BCUT2D eigenvalue weighted by Gasteiger charge is -2.16. The zero-order valence-electron chi connectivity index (χ0n) is 9.93. The molecule has 0 amide bonds. The molecule has 2 heteroatoms. The van der Waals surface area contributed by atoms with E-state index in [-0.39, 0.29) is 0 Å². The molecule has 0 saturated heterocycles. The van der Waals surface area contributed by atoms with Gasteiger partial charge >= 0.3 is 0 Å². The summed E-state index contributed by atoms with van der Waals surface area (Å²) < 4.78 is 0. The first-order valence-corrected chi connectivity index (χ1v) is 5.90. The minimum absolute atomic E-state index is 0.981. The third-order valence-corrected chi connectivity index (χ3v) is 3.15. The molecule has 0 unspecified atom stereocenters. The van der Waals surface area contributed by atoms with Crippen LogP contribution in [0, 0.1) is 6.67 Å². The summed E-state index contributed by atoms with van der Waals surface area (Å²) in [6, 6.07) is 13.0. The van der Waals surface area contributed by atoms with E-state index < -0.39 is 0 Å². The number of hydrogen-bond acceptors (Lipinski definition) is 2. The Morgan fingerprint density at radius 3 is 2.94 bits per heavy atom. The second-order valence-corrected chi connectivity index (χ2v) is 4.40. The first kappa shape index (κ1) is 10.3. The lowest BCUT2D eigenvalue weighted by Crippen LogP contribution is -2.18. The van der Waals surface area contributed by atoms with Gasteiger partial charge in [0, 0.05) is 26.0 Å². The predicted octanol–water partition coefficient (Wildman–Crippen LogP) is 2.82. The molecular weight excluding hydrogens is 208 g/mol. The van der Waals surface area contributed by atoms with Crippen molar-refractivity contribution >= 4 is 10.8 Å². The molecular formula is C15H15N2-. The van der Waals surface area contributed by atoms with Crippen LogP contribution < -0.4 is 0 Å². The van der Waals surface area contributed by atoms with Gasteiger partial charge in [-0.15, -0.1) is 47.3 Å². The molecule has 0 fully saturated rings. The molecule has 2 aromatic carbocycles. The molecule has 3 rings (SSSR count). The van der Waals surface area contributed by atoms with E-state index in [1.54, 1.807) is 0 Å². The number of rotatable bonds is 3. The summed E-state index contributed by atoms with van der Waals surface area (Å²) in [6.07, 6.45) is 5.13. The molecule has 2 aromatic rings. The minimum Gasteiger partial charge on any atom is -0.349 e. The first-order valence-electron chi connectivity index (χ1n) is 5.90. The Labute approximate surface area is 102 Å². The highest BCUT2D eigenvalue weighted by atomic mass is 15.3. The van der Waals surface area contributed by atoms with Crippen LogP contribution in [0.1, 0.15) is 5.56 Å². The van der Waals surface area contributed by atoms with Crippen molar-refractivity contribution in [2.24, 2.45) is 0 Å². The van der Waals surface area contributed by atoms with Crippen LogP contribution in [0.5, 0.6) is 0 Å². The van der Waals surface area contributed by atoms with Crippen molar-refractivity contribution in [1.29, 1.82) is 0 Å². The van der Waals surface area contributed by atoms with E-state index >= 15 is 0 Å². The van der Waals surface area contributed by atoms with Crippen LogP contribution in [0.15, 0.2) is 48.8 Å². The van der Waals surface area contributed by atoms with Crippen LogP contribution in [0.4, 0.5) is 0 Å². The average Bonchev–Trinajstić information content (AvgIpc) is 2.93. The maximum absolute atomic E-state index is 3.22. The highest BCUT2D eigenvalue weighted by molar-refractivity contribution is 5.87. The van der Waals surface area contributed by atoms with Gasteiger partial charge in [-0.1, -0.05) is 5.39 Å². The van der Waals surface area contributed by atoms with Gasteiger partial charge in [0.05, 0.1) is 0 Å². The summed E-state index contributed by atoms with van der Waals surface area (Å²) in [6.45, 7) is 4.20. The predicted molar refractivity (Wildman–Crippen MR) is 70.1 cm³/mol. The molecule has 2 nitrogen and oxygen atoms in total. The maximum Gasteiger partial charge on any atom is 0.207 e. The van der Waals surface area contributed by atoms with Crippen molar-refractivity contribution in [3.63, 3.8) is 0 Å². The third-order valence-electron chi connectivity index (χ3n) is 3.15. The number of hydrogen-bond donors (Lipinski definition) is 0. The van der Waals surface area contributed by atoms with Crippen molar-refractivity contribution in [3.8, 4) is 0 Å². The Bertz CT molecular complexity index is 539. The molecule has 0 atom stereocenters. The molecule has 17 heavy (non-hydrogen) atoms. The monoisotopic (exact) mass is 223 g/mol. The summed E-state index contributed by atoms with van der Waals surface area (Å²) in [5, 5.41) is 2.72. The third kappa shape index (κ3) is 2.03. The molecule has 0 aromatic heterocycles. The molecule has 1 heterocycles. The van der Waals surface area contributed by atoms with Crippen molar-refractivity contribution in [1.82, 2.24) is 9.80 Å². The standard InChI is InChI=1S/C15H15N2/c1-16-10-11-17(12-16)9-8-14-7-6-13-4-2-3-5-15(13)14/h2-7,10-11H,8-9H2,1H3/q-1. The maximum atomic E-state index is 3.22. The molecule has 86 valence electrons. The molecule has 0 saturated carbocycles. The van der Waals surface area contributed by atoms with Gasteiger partial charge in [0.2, 0.25) is 6.67 Å². The fourth-order valence-electron chi connectivity index (χ4n) is 2.25. The topological polar surface area (TPSA) is 6.48 Å². The van der Waals surface area contributed by atoms with E-state index in [1.807, 2.05) is 18.1 Å². The lowest BCUT2D eigenvalue weighted by atomic mass is 10.1. The quantitative estimate of drug-likeness (QED) is 0.738. The van der Waals surface area contributed by atoms with Gasteiger partial charge in [-0.2, -0.15) is 0 Å². The van der Waals surface area contributed by atoms with Gasteiger partial charge in [-0.3, -0.25) is 0 Å². The molecule has 0 spiro atoms. The average molecular weight is 223 g/mol. The Balaban J connectivity index is 1.71. The fraction of sp³-hybridized carbons (Fsp3) is 0.200. The Hall–Kier alpha value is -1.83. The second-order valence-electron chi connectivity index (χ2n) is 4.40. The van der Waals surface area contributed by atoms with Crippen LogP contribution in [-0.4, -0.2) is 23.4 Å². The van der Waals surface area contributed by atoms with Gasteiger partial charge in [0.25, 0.3) is 0 Å². The van der Waals surface area contributed by atoms with Gasteiger partial charge in [0.1, 0.15) is 0 Å². The van der Waals surface area contributed by atoms with Gasteiger partial charge in [0.15, 0.2) is 0 Å². The van der Waals surface area contributed by atoms with E-state index in [0.29, 0.717) is 0 Å². The molecule has 2 radical (unpaired) electrons. The summed E-state index contributed by atoms with van der Waals surface area (Å²) in [5.41, 5.74) is 1.42. The van der Waals surface area contributed by atoms with Crippen LogP contribution in [0.2, 0.25) is 0 Å². The van der Waals surface area contributed by atoms with E-state index in [9.17, 15) is 0 Å². The number of fused-ring (bicyclic) bond motifs is 1. The van der Waals surface area contributed by atoms with Crippen molar-refractivity contribution in [2.45, 2.75) is 6.42 Å². The summed E-state index contributed by atoms with van der Waals surface area (Å²) in [4.78, 5) is 4.05. The van der Waals surface area contributed by atoms with E-state index in [0.717, 1.165) is 13.0 Å². The Morgan fingerprint density at radius 2 is 2.12 bits per heavy atom. The van der Waals surface area contributed by atoms with Crippen LogP contribution >= 0.6 is 0 Å². The second kappa shape index (κ2) is 4.21. The van der Waals surface area contributed by atoms with Crippen molar-refractivity contribution in [2.75, 3.05) is 13.6 Å². The highest BCUT2D eigenvalue weighted by Crippen LogP contribution is 2.21.